The Balaban J connectivity index is 2.76. The third kappa shape index (κ3) is 3.15. The molecule has 0 amide bonds. The molecule has 4 heteroatoms. The van der Waals surface area contributed by atoms with Gasteiger partial charge in [-0.3, -0.25) is 0 Å². The van der Waals surface area contributed by atoms with Gasteiger partial charge in [-0.05, 0) is 5.92 Å². The molecule has 0 aliphatic rings. The van der Waals surface area contributed by atoms with Gasteiger partial charge in [-0.25, -0.2) is 13.2 Å². The summed E-state index contributed by atoms with van der Waals surface area (Å²) < 4.78 is 38.7. The van der Waals surface area contributed by atoms with Crippen LogP contribution in [0.2, 0.25) is 0 Å². The topological polar surface area (TPSA) is 12.0 Å². The number of hydrogen-bond acceptors (Lipinski definition) is 1. The monoisotopic (exact) mass is 217 g/mol. The van der Waals surface area contributed by atoms with E-state index in [1.165, 1.54) is 0 Å². The lowest BCUT2D eigenvalue weighted by molar-refractivity contribution is 0.495. The van der Waals surface area contributed by atoms with Crippen molar-refractivity contribution < 1.29 is 13.2 Å². The molecule has 0 saturated carbocycles. The number of anilines is 1. The lowest BCUT2D eigenvalue weighted by atomic mass is 10.1. The van der Waals surface area contributed by atoms with Crippen molar-refractivity contribution in [2.24, 2.45) is 5.92 Å². The van der Waals surface area contributed by atoms with Crippen molar-refractivity contribution in [3.63, 3.8) is 0 Å². The largest absolute Gasteiger partial charge is 0.382 e. The van der Waals surface area contributed by atoms with Gasteiger partial charge in [0, 0.05) is 18.7 Å². The minimum Gasteiger partial charge on any atom is -0.382 e. The molecule has 1 rings (SSSR count). The fourth-order valence-corrected chi connectivity index (χ4v) is 1.11. The zero-order valence-electron chi connectivity index (χ0n) is 8.78. The van der Waals surface area contributed by atoms with E-state index in [1.54, 1.807) is 0 Å². The maximum atomic E-state index is 13.1. The third-order valence-corrected chi connectivity index (χ3v) is 2.33. The molecule has 1 atom stereocenters. The molecule has 1 aromatic carbocycles. The van der Waals surface area contributed by atoms with Crippen molar-refractivity contribution in [3.8, 4) is 0 Å². The zero-order valence-corrected chi connectivity index (χ0v) is 8.78. The highest BCUT2D eigenvalue weighted by atomic mass is 19.2. The van der Waals surface area contributed by atoms with Gasteiger partial charge >= 0.3 is 0 Å². The molecule has 84 valence electrons. The summed E-state index contributed by atoms with van der Waals surface area (Å²) in [7, 11) is 0. The van der Waals surface area contributed by atoms with Crippen molar-refractivity contribution in [3.05, 3.63) is 29.6 Å². The number of hydrogen-bond donors (Lipinski definition) is 1. The maximum absolute atomic E-state index is 13.1. The van der Waals surface area contributed by atoms with Gasteiger partial charge in [-0.15, -0.1) is 0 Å². The smallest absolute Gasteiger partial charge is 0.182 e. The van der Waals surface area contributed by atoms with Gasteiger partial charge in [0.05, 0.1) is 5.69 Å². The SMILES string of the molecule is CCC(C)CNc1cc(F)cc(F)c1F. The number of benzene rings is 1. The Morgan fingerprint density at radius 3 is 2.53 bits per heavy atom. The standard InChI is InChI=1S/C11H14F3N/c1-3-7(2)6-15-10-5-8(12)4-9(13)11(10)14/h4-5,7,15H,3,6H2,1-2H3. The lowest BCUT2D eigenvalue weighted by Gasteiger charge is -2.12. The normalized spacial score (nSPS) is 12.6. The van der Waals surface area contributed by atoms with Crippen LogP contribution in [0.1, 0.15) is 20.3 Å². The van der Waals surface area contributed by atoms with E-state index in [0.717, 1.165) is 12.5 Å². The summed E-state index contributed by atoms with van der Waals surface area (Å²) in [6.07, 6.45) is 0.923. The molecule has 0 heterocycles. The Morgan fingerprint density at radius 1 is 1.27 bits per heavy atom. The minimum atomic E-state index is -1.17. The van der Waals surface area contributed by atoms with E-state index >= 15 is 0 Å². The quantitative estimate of drug-likeness (QED) is 0.760. The zero-order chi connectivity index (χ0) is 11.4. The number of nitrogens with one attached hydrogen (secondary N) is 1. The highest BCUT2D eigenvalue weighted by Gasteiger charge is 2.11. The van der Waals surface area contributed by atoms with Crippen LogP contribution in [0.15, 0.2) is 12.1 Å². The molecule has 1 unspecified atom stereocenters. The van der Waals surface area contributed by atoms with E-state index in [1.807, 2.05) is 13.8 Å². The van der Waals surface area contributed by atoms with Gasteiger partial charge in [0.25, 0.3) is 0 Å². The van der Waals surface area contributed by atoms with Crippen LogP contribution in [0, 0.1) is 23.4 Å². The molecule has 0 spiro atoms. The molecule has 1 nitrogen and oxygen atoms in total. The fraction of sp³-hybridized carbons (Fsp3) is 0.455. The molecule has 0 radical (unpaired) electrons. The van der Waals surface area contributed by atoms with E-state index in [2.05, 4.69) is 5.32 Å². The van der Waals surface area contributed by atoms with Gasteiger partial charge in [0.1, 0.15) is 5.82 Å². The van der Waals surface area contributed by atoms with E-state index in [-0.39, 0.29) is 5.69 Å². The van der Waals surface area contributed by atoms with Crippen molar-refractivity contribution in [2.45, 2.75) is 20.3 Å². The summed E-state index contributed by atoms with van der Waals surface area (Å²) >= 11 is 0. The predicted octanol–water partition coefficient (Wildman–Crippen LogP) is 3.56. The first-order chi connectivity index (χ1) is 7.04. The van der Waals surface area contributed by atoms with Gasteiger partial charge in [-0.2, -0.15) is 0 Å². The summed E-state index contributed by atoms with van der Waals surface area (Å²) in [6, 6.07) is 1.49. The van der Waals surface area contributed by atoms with Gasteiger partial charge in [0.15, 0.2) is 11.6 Å². The molecule has 0 aliphatic heterocycles. The van der Waals surface area contributed by atoms with Gasteiger partial charge in [-0.1, -0.05) is 20.3 Å². The first kappa shape index (κ1) is 11.9. The van der Waals surface area contributed by atoms with Crippen LogP contribution in [0.5, 0.6) is 0 Å². The van der Waals surface area contributed by atoms with E-state index in [4.69, 9.17) is 0 Å². The summed E-state index contributed by atoms with van der Waals surface area (Å²) in [5, 5.41) is 2.69. The second-order valence-corrected chi connectivity index (χ2v) is 3.64. The van der Waals surface area contributed by atoms with Crippen molar-refractivity contribution in [2.75, 3.05) is 11.9 Å². The average molecular weight is 217 g/mol. The molecule has 0 aliphatic carbocycles. The highest BCUT2D eigenvalue weighted by Crippen LogP contribution is 2.19. The first-order valence-electron chi connectivity index (χ1n) is 4.93. The maximum Gasteiger partial charge on any atom is 0.182 e. The summed E-state index contributed by atoms with van der Waals surface area (Å²) in [4.78, 5) is 0. The Hall–Kier alpha value is -1.19. The lowest BCUT2D eigenvalue weighted by Crippen LogP contribution is -2.12. The van der Waals surface area contributed by atoms with Crippen LogP contribution in [0.3, 0.4) is 0 Å². The molecular weight excluding hydrogens is 203 g/mol. The van der Waals surface area contributed by atoms with Crippen LogP contribution < -0.4 is 5.32 Å². The van der Waals surface area contributed by atoms with E-state index < -0.39 is 17.5 Å². The van der Waals surface area contributed by atoms with E-state index in [0.29, 0.717) is 18.5 Å². The van der Waals surface area contributed by atoms with E-state index in [9.17, 15) is 13.2 Å². The van der Waals surface area contributed by atoms with Crippen molar-refractivity contribution >= 4 is 5.69 Å². The van der Waals surface area contributed by atoms with Gasteiger partial charge < -0.3 is 5.32 Å². The van der Waals surface area contributed by atoms with Crippen molar-refractivity contribution in [1.82, 2.24) is 0 Å². The second kappa shape index (κ2) is 5.05. The Kier molecular flexibility index (Phi) is 4.00. The highest BCUT2D eigenvalue weighted by molar-refractivity contribution is 5.45. The van der Waals surface area contributed by atoms with Crippen molar-refractivity contribution in [1.29, 1.82) is 0 Å². The van der Waals surface area contributed by atoms with Crippen LogP contribution >= 0.6 is 0 Å². The first-order valence-corrected chi connectivity index (χ1v) is 4.93. The molecular formula is C11H14F3N. The second-order valence-electron chi connectivity index (χ2n) is 3.64. The van der Waals surface area contributed by atoms with Crippen LogP contribution in [0.25, 0.3) is 0 Å². The predicted molar refractivity (Wildman–Crippen MR) is 54.3 cm³/mol. The number of rotatable bonds is 4. The third-order valence-electron chi connectivity index (χ3n) is 2.33. The number of halogens is 3. The molecule has 0 saturated heterocycles. The molecule has 1 N–H and O–H groups in total. The molecule has 1 aromatic rings. The van der Waals surface area contributed by atoms with Crippen LogP contribution in [-0.4, -0.2) is 6.54 Å². The van der Waals surface area contributed by atoms with Crippen LogP contribution in [0.4, 0.5) is 18.9 Å². The summed E-state index contributed by atoms with van der Waals surface area (Å²) in [5.41, 5.74) is -0.118. The minimum absolute atomic E-state index is 0.118. The summed E-state index contributed by atoms with van der Waals surface area (Å²) in [5.74, 6) is -2.64. The molecule has 0 aromatic heterocycles. The average Bonchev–Trinajstić information content (AvgIpc) is 2.20. The Bertz CT molecular complexity index is 339. The molecule has 0 bridgehead atoms. The Morgan fingerprint density at radius 2 is 1.93 bits per heavy atom. The molecule has 0 fully saturated rings. The van der Waals surface area contributed by atoms with Crippen LogP contribution in [-0.2, 0) is 0 Å². The van der Waals surface area contributed by atoms with Gasteiger partial charge in [0.2, 0.25) is 0 Å². The molecule has 15 heavy (non-hydrogen) atoms. The fourth-order valence-electron chi connectivity index (χ4n) is 1.11. The summed E-state index contributed by atoms with van der Waals surface area (Å²) in [6.45, 7) is 4.46. The Labute approximate surface area is 87.3 Å².